The first kappa shape index (κ1) is 11.7. The van der Waals surface area contributed by atoms with Gasteiger partial charge in [0.05, 0.1) is 4.88 Å². The van der Waals surface area contributed by atoms with Crippen LogP contribution in [0.5, 0.6) is 0 Å². The van der Waals surface area contributed by atoms with Crippen molar-refractivity contribution >= 4 is 28.1 Å². The van der Waals surface area contributed by atoms with Crippen LogP contribution in [-0.2, 0) is 12.8 Å². The zero-order valence-electron chi connectivity index (χ0n) is 10.8. The molecule has 0 aliphatic heterocycles. The number of nitrogens with one attached hydrogen (secondary N) is 2. The Morgan fingerprint density at radius 2 is 2.10 bits per heavy atom. The number of aromatic nitrogens is 1. The van der Waals surface area contributed by atoms with Crippen LogP contribution in [0, 0.1) is 0 Å². The summed E-state index contributed by atoms with van der Waals surface area (Å²) in [6, 6.07) is 12.3. The van der Waals surface area contributed by atoms with E-state index in [1.807, 2.05) is 23.6 Å². The maximum Gasteiger partial charge on any atom is 0.261 e. The van der Waals surface area contributed by atoms with Gasteiger partial charge >= 0.3 is 0 Å². The third-order valence-corrected chi connectivity index (χ3v) is 4.75. The molecule has 0 fully saturated rings. The van der Waals surface area contributed by atoms with Crippen molar-refractivity contribution in [3.8, 4) is 0 Å². The molecule has 0 saturated heterocycles. The predicted octanol–water partition coefficient (Wildman–Crippen LogP) is 3.13. The Kier molecular flexibility index (Phi) is 2.63. The molecule has 0 saturated carbocycles. The molecule has 100 valence electrons. The topological polar surface area (TPSA) is 44.9 Å². The number of thiophene rings is 1. The molecule has 1 aliphatic carbocycles. The van der Waals surface area contributed by atoms with E-state index >= 15 is 0 Å². The van der Waals surface area contributed by atoms with Gasteiger partial charge in [-0.25, -0.2) is 0 Å². The highest BCUT2D eigenvalue weighted by molar-refractivity contribution is 7.12. The highest BCUT2D eigenvalue weighted by Gasteiger charge is 2.26. The van der Waals surface area contributed by atoms with Crippen LogP contribution >= 0.6 is 11.3 Å². The van der Waals surface area contributed by atoms with Gasteiger partial charge in [-0.1, -0.05) is 24.3 Å². The van der Waals surface area contributed by atoms with Crippen molar-refractivity contribution in [2.45, 2.75) is 18.9 Å². The van der Waals surface area contributed by atoms with Crippen LogP contribution in [0.4, 0.5) is 0 Å². The molecule has 3 aromatic rings. The summed E-state index contributed by atoms with van der Waals surface area (Å²) in [5.74, 6) is 0.0412. The summed E-state index contributed by atoms with van der Waals surface area (Å²) >= 11 is 1.48. The van der Waals surface area contributed by atoms with E-state index < -0.39 is 0 Å². The summed E-state index contributed by atoms with van der Waals surface area (Å²) in [6.07, 6.45) is 1.80. The molecule has 20 heavy (non-hydrogen) atoms. The minimum atomic E-state index is 0.0412. The second-order valence-electron chi connectivity index (χ2n) is 5.18. The first-order valence-electron chi connectivity index (χ1n) is 6.74. The predicted molar refractivity (Wildman–Crippen MR) is 81.3 cm³/mol. The zero-order valence-corrected chi connectivity index (χ0v) is 11.7. The van der Waals surface area contributed by atoms with Crippen LogP contribution in [0.25, 0.3) is 10.9 Å². The van der Waals surface area contributed by atoms with E-state index in [1.54, 1.807) is 0 Å². The van der Waals surface area contributed by atoms with E-state index in [0.29, 0.717) is 0 Å². The molecule has 0 spiro atoms. The Labute approximate surface area is 120 Å². The molecular formula is C16H14N2OS. The van der Waals surface area contributed by atoms with E-state index in [9.17, 15) is 4.79 Å². The molecule has 1 aromatic carbocycles. The van der Waals surface area contributed by atoms with Crippen molar-refractivity contribution in [1.82, 2.24) is 10.3 Å². The number of fused-ring (bicyclic) bond motifs is 3. The molecular weight excluding hydrogens is 268 g/mol. The second kappa shape index (κ2) is 4.49. The van der Waals surface area contributed by atoms with Gasteiger partial charge in [0.15, 0.2) is 0 Å². The minimum absolute atomic E-state index is 0.0412. The van der Waals surface area contributed by atoms with Gasteiger partial charge in [0.25, 0.3) is 5.91 Å². The number of rotatable bonds is 2. The van der Waals surface area contributed by atoms with Crippen molar-refractivity contribution in [3.05, 3.63) is 57.9 Å². The Hall–Kier alpha value is -2.07. The fourth-order valence-electron chi connectivity index (χ4n) is 2.99. The number of hydrogen-bond acceptors (Lipinski definition) is 2. The average molecular weight is 282 g/mol. The fraction of sp³-hybridized carbons (Fsp3) is 0.188. The number of carbonyl (C=O) groups is 1. The first-order valence-corrected chi connectivity index (χ1v) is 7.62. The van der Waals surface area contributed by atoms with Crippen molar-refractivity contribution in [1.29, 1.82) is 0 Å². The third-order valence-electron chi connectivity index (χ3n) is 3.88. The lowest BCUT2D eigenvalue weighted by atomic mass is 10.1. The summed E-state index contributed by atoms with van der Waals surface area (Å²) < 4.78 is 0. The number of carbonyl (C=O) groups excluding carboxylic acids is 1. The molecule has 3 nitrogen and oxygen atoms in total. The van der Waals surface area contributed by atoms with Crippen molar-refractivity contribution in [2.24, 2.45) is 0 Å². The van der Waals surface area contributed by atoms with E-state index in [0.717, 1.165) is 17.7 Å². The number of hydrogen-bond donors (Lipinski definition) is 2. The van der Waals surface area contributed by atoms with Crippen LogP contribution in [0.3, 0.4) is 0 Å². The lowest BCUT2D eigenvalue weighted by Crippen LogP contribution is -2.35. The Morgan fingerprint density at radius 1 is 1.20 bits per heavy atom. The van der Waals surface area contributed by atoms with Gasteiger partial charge in [-0.05, 0) is 29.5 Å². The zero-order chi connectivity index (χ0) is 13.5. The molecule has 0 bridgehead atoms. The number of H-pyrrole nitrogens is 1. The fourth-order valence-corrected chi connectivity index (χ4v) is 3.62. The molecule has 1 unspecified atom stereocenters. The molecule has 1 atom stereocenters. The molecule has 4 rings (SSSR count). The summed E-state index contributed by atoms with van der Waals surface area (Å²) in [5, 5.41) is 6.35. The molecule has 2 N–H and O–H groups in total. The third kappa shape index (κ3) is 1.84. The summed E-state index contributed by atoms with van der Waals surface area (Å²) in [7, 11) is 0. The lowest BCUT2D eigenvalue weighted by Gasteiger charge is -2.11. The normalized spacial score (nSPS) is 17.3. The average Bonchev–Trinajstić information content (AvgIpc) is 3.13. The summed E-state index contributed by atoms with van der Waals surface area (Å²) in [4.78, 5) is 16.3. The van der Waals surface area contributed by atoms with Gasteiger partial charge < -0.3 is 10.3 Å². The Bertz CT molecular complexity index is 773. The van der Waals surface area contributed by atoms with E-state index in [4.69, 9.17) is 0 Å². The standard InChI is InChI=1S/C16H14N2OS/c19-16(15-6-3-7-20-15)17-10-8-12-11-4-1-2-5-13(11)18-14(12)9-10/h1-7,10,18H,8-9H2,(H,17,19). The SMILES string of the molecule is O=C(NC1Cc2[nH]c3ccccc3c2C1)c1cccs1. The van der Waals surface area contributed by atoms with Crippen LogP contribution in [-0.4, -0.2) is 16.9 Å². The molecule has 2 aromatic heterocycles. The highest BCUT2D eigenvalue weighted by Crippen LogP contribution is 2.30. The first-order chi connectivity index (χ1) is 9.81. The van der Waals surface area contributed by atoms with Crippen molar-refractivity contribution in [2.75, 3.05) is 0 Å². The number of amides is 1. The van der Waals surface area contributed by atoms with Gasteiger partial charge in [0.1, 0.15) is 0 Å². The van der Waals surface area contributed by atoms with Crippen LogP contribution in [0.1, 0.15) is 20.9 Å². The number of benzene rings is 1. The maximum atomic E-state index is 12.1. The lowest BCUT2D eigenvalue weighted by molar-refractivity contribution is 0.0942. The minimum Gasteiger partial charge on any atom is -0.358 e. The molecule has 4 heteroatoms. The van der Waals surface area contributed by atoms with E-state index in [-0.39, 0.29) is 11.9 Å². The quantitative estimate of drug-likeness (QED) is 0.745. The van der Waals surface area contributed by atoms with Crippen molar-refractivity contribution in [3.63, 3.8) is 0 Å². The number of para-hydroxylation sites is 1. The van der Waals surface area contributed by atoms with Gasteiger partial charge in [0.2, 0.25) is 0 Å². The molecule has 0 radical (unpaired) electrons. The summed E-state index contributed by atoms with van der Waals surface area (Å²) in [5.41, 5.74) is 3.82. The van der Waals surface area contributed by atoms with Gasteiger partial charge in [-0.3, -0.25) is 4.79 Å². The Morgan fingerprint density at radius 3 is 2.95 bits per heavy atom. The Balaban J connectivity index is 1.55. The maximum absolute atomic E-state index is 12.1. The van der Waals surface area contributed by atoms with Gasteiger partial charge in [0, 0.05) is 29.1 Å². The smallest absolute Gasteiger partial charge is 0.261 e. The summed E-state index contributed by atoms with van der Waals surface area (Å²) in [6.45, 7) is 0. The van der Waals surface area contributed by atoms with Gasteiger partial charge in [-0.15, -0.1) is 11.3 Å². The van der Waals surface area contributed by atoms with E-state index in [1.165, 1.54) is 33.5 Å². The van der Waals surface area contributed by atoms with Crippen LogP contribution < -0.4 is 5.32 Å². The second-order valence-corrected chi connectivity index (χ2v) is 6.13. The van der Waals surface area contributed by atoms with Gasteiger partial charge in [-0.2, -0.15) is 0 Å². The highest BCUT2D eigenvalue weighted by atomic mass is 32.1. The molecule has 1 amide bonds. The molecule has 2 heterocycles. The largest absolute Gasteiger partial charge is 0.358 e. The van der Waals surface area contributed by atoms with Crippen LogP contribution in [0.2, 0.25) is 0 Å². The van der Waals surface area contributed by atoms with Crippen molar-refractivity contribution < 1.29 is 4.79 Å². The van der Waals surface area contributed by atoms with Crippen LogP contribution in [0.15, 0.2) is 41.8 Å². The number of aromatic amines is 1. The monoisotopic (exact) mass is 282 g/mol. The molecule has 1 aliphatic rings. The van der Waals surface area contributed by atoms with E-state index in [2.05, 4.69) is 28.5 Å².